The van der Waals surface area contributed by atoms with E-state index in [-0.39, 0.29) is 23.0 Å². The van der Waals surface area contributed by atoms with Crippen molar-refractivity contribution < 1.29 is 22.3 Å². The molecule has 0 spiro atoms. The van der Waals surface area contributed by atoms with Gasteiger partial charge in [0.15, 0.2) is 0 Å². The summed E-state index contributed by atoms with van der Waals surface area (Å²) in [7, 11) is -4.03. The van der Waals surface area contributed by atoms with E-state index in [1.807, 2.05) is 6.92 Å². The second-order valence-electron chi connectivity index (χ2n) is 5.60. The predicted molar refractivity (Wildman–Crippen MR) is 91.9 cm³/mol. The van der Waals surface area contributed by atoms with Crippen LogP contribution in [0.3, 0.4) is 0 Å². The number of hydrogen-bond acceptors (Lipinski definition) is 6. The SMILES string of the molecule is CCCCCc1nc(C(=O)OCC)nn1-c1ccc(S(N)(=O)=O)cc1F. The molecule has 2 aromatic rings. The van der Waals surface area contributed by atoms with Crippen molar-refractivity contribution in [1.82, 2.24) is 14.8 Å². The number of carbonyl (C=O) groups excluding carboxylic acids is 1. The Kier molecular flexibility index (Phi) is 6.43. The number of rotatable bonds is 8. The Hall–Kier alpha value is -2.33. The normalized spacial score (nSPS) is 11.5. The van der Waals surface area contributed by atoms with Crippen LogP contribution < -0.4 is 5.14 Å². The standard InChI is InChI=1S/C16H21FN4O4S/c1-3-5-6-7-14-19-15(16(22)25-4-2)20-21(14)13-9-8-11(10-12(13)17)26(18,23)24/h8-10H,3-7H2,1-2H3,(H2,18,23,24). The molecular weight excluding hydrogens is 363 g/mol. The average molecular weight is 384 g/mol. The lowest BCUT2D eigenvalue weighted by Gasteiger charge is -2.08. The van der Waals surface area contributed by atoms with Crippen LogP contribution in [0.1, 0.15) is 49.6 Å². The highest BCUT2D eigenvalue weighted by molar-refractivity contribution is 7.89. The van der Waals surface area contributed by atoms with Gasteiger partial charge >= 0.3 is 5.97 Å². The third-order valence-electron chi connectivity index (χ3n) is 3.61. The minimum absolute atomic E-state index is 0.0213. The van der Waals surface area contributed by atoms with Crippen molar-refractivity contribution in [2.24, 2.45) is 5.14 Å². The summed E-state index contributed by atoms with van der Waals surface area (Å²) in [6.45, 7) is 3.86. The van der Waals surface area contributed by atoms with E-state index in [0.29, 0.717) is 12.2 Å². The number of nitrogens with two attached hydrogens (primary N) is 1. The molecule has 0 amide bonds. The van der Waals surface area contributed by atoms with Crippen LogP contribution in [-0.2, 0) is 21.2 Å². The van der Waals surface area contributed by atoms with Crippen molar-refractivity contribution in [3.8, 4) is 5.69 Å². The van der Waals surface area contributed by atoms with Crippen molar-refractivity contribution in [2.75, 3.05) is 6.61 Å². The molecule has 2 N–H and O–H groups in total. The number of ether oxygens (including phenoxy) is 1. The molecule has 26 heavy (non-hydrogen) atoms. The van der Waals surface area contributed by atoms with Crippen molar-refractivity contribution in [2.45, 2.75) is 44.4 Å². The number of aromatic nitrogens is 3. The predicted octanol–water partition coefficient (Wildman–Crippen LogP) is 1.96. The Balaban J connectivity index is 2.47. The molecule has 10 heteroatoms. The maximum absolute atomic E-state index is 14.5. The number of halogens is 1. The van der Waals surface area contributed by atoms with Crippen molar-refractivity contribution in [3.63, 3.8) is 0 Å². The second-order valence-corrected chi connectivity index (χ2v) is 7.16. The number of hydrogen-bond donors (Lipinski definition) is 1. The first-order valence-electron chi connectivity index (χ1n) is 8.23. The van der Waals surface area contributed by atoms with Crippen molar-refractivity contribution in [3.05, 3.63) is 35.7 Å². The summed E-state index contributed by atoms with van der Waals surface area (Å²) in [5.41, 5.74) is -0.0213. The van der Waals surface area contributed by atoms with Crippen LogP contribution in [0.4, 0.5) is 4.39 Å². The van der Waals surface area contributed by atoms with E-state index in [2.05, 4.69) is 10.1 Å². The highest BCUT2D eigenvalue weighted by atomic mass is 32.2. The molecule has 0 radical (unpaired) electrons. The number of aryl methyl sites for hydroxylation is 1. The molecule has 0 atom stereocenters. The molecule has 0 aliphatic heterocycles. The van der Waals surface area contributed by atoms with E-state index in [1.54, 1.807) is 6.92 Å². The molecule has 1 heterocycles. The van der Waals surface area contributed by atoms with E-state index in [9.17, 15) is 17.6 Å². The van der Waals surface area contributed by atoms with Crippen LogP contribution >= 0.6 is 0 Å². The quantitative estimate of drug-likeness (QED) is 0.549. The molecule has 0 unspecified atom stereocenters. The zero-order chi connectivity index (χ0) is 19.3. The molecule has 2 rings (SSSR count). The van der Waals surface area contributed by atoms with Crippen molar-refractivity contribution >= 4 is 16.0 Å². The average Bonchev–Trinajstić information content (AvgIpc) is 2.98. The summed E-state index contributed by atoms with van der Waals surface area (Å²) in [6, 6.07) is 3.23. The topological polar surface area (TPSA) is 117 Å². The number of nitrogens with zero attached hydrogens (tertiary/aromatic N) is 3. The summed E-state index contributed by atoms with van der Waals surface area (Å²) < 4.78 is 43.3. The Labute approximate surface area is 151 Å². The molecule has 1 aromatic carbocycles. The monoisotopic (exact) mass is 384 g/mol. The van der Waals surface area contributed by atoms with Gasteiger partial charge < -0.3 is 4.74 Å². The maximum Gasteiger partial charge on any atom is 0.378 e. The Morgan fingerprint density at radius 1 is 1.31 bits per heavy atom. The summed E-state index contributed by atoms with van der Waals surface area (Å²) >= 11 is 0. The largest absolute Gasteiger partial charge is 0.460 e. The lowest BCUT2D eigenvalue weighted by Crippen LogP contribution is -2.13. The molecule has 0 saturated carbocycles. The van der Waals surface area contributed by atoms with E-state index < -0.39 is 21.8 Å². The number of sulfonamides is 1. The number of primary sulfonamides is 1. The molecular formula is C16H21FN4O4S. The van der Waals surface area contributed by atoms with Crippen LogP contribution in [0, 0.1) is 5.82 Å². The second kappa shape index (κ2) is 8.37. The lowest BCUT2D eigenvalue weighted by atomic mass is 10.2. The molecule has 0 aliphatic carbocycles. The van der Waals surface area contributed by atoms with Crippen LogP contribution in [0.25, 0.3) is 5.69 Å². The van der Waals surface area contributed by atoms with Gasteiger partial charge in [-0.25, -0.2) is 32.4 Å². The van der Waals surface area contributed by atoms with Gasteiger partial charge in [0.2, 0.25) is 10.0 Å². The van der Waals surface area contributed by atoms with E-state index >= 15 is 0 Å². The van der Waals surface area contributed by atoms with Gasteiger partial charge in [-0.1, -0.05) is 19.8 Å². The van der Waals surface area contributed by atoms with Crippen molar-refractivity contribution in [1.29, 1.82) is 0 Å². The minimum Gasteiger partial charge on any atom is -0.460 e. The third-order valence-corrected chi connectivity index (χ3v) is 4.52. The molecule has 0 fully saturated rings. The highest BCUT2D eigenvalue weighted by Crippen LogP contribution is 2.20. The first-order chi connectivity index (χ1) is 12.3. The highest BCUT2D eigenvalue weighted by Gasteiger charge is 2.21. The molecule has 0 aliphatic rings. The Bertz CT molecular complexity index is 896. The van der Waals surface area contributed by atoms with Gasteiger partial charge in [-0.05, 0) is 31.5 Å². The van der Waals surface area contributed by atoms with Gasteiger partial charge in [0.1, 0.15) is 17.3 Å². The third kappa shape index (κ3) is 4.64. The molecule has 142 valence electrons. The van der Waals surface area contributed by atoms with Gasteiger partial charge in [-0.15, -0.1) is 5.10 Å². The van der Waals surface area contributed by atoms with Gasteiger partial charge in [0.05, 0.1) is 11.5 Å². The number of carbonyl (C=O) groups is 1. The zero-order valence-corrected chi connectivity index (χ0v) is 15.4. The zero-order valence-electron chi connectivity index (χ0n) is 14.6. The van der Waals surface area contributed by atoms with E-state index in [0.717, 1.165) is 25.3 Å². The smallest absolute Gasteiger partial charge is 0.378 e. The fourth-order valence-corrected chi connectivity index (χ4v) is 2.88. The number of esters is 1. The van der Waals surface area contributed by atoms with Crippen LogP contribution in [-0.4, -0.2) is 35.8 Å². The lowest BCUT2D eigenvalue weighted by molar-refractivity contribution is 0.0512. The Morgan fingerprint density at radius 2 is 2.04 bits per heavy atom. The molecule has 0 saturated heterocycles. The number of unbranched alkanes of at least 4 members (excludes halogenated alkanes) is 2. The van der Waals surface area contributed by atoms with Gasteiger partial charge in [-0.2, -0.15) is 0 Å². The van der Waals surface area contributed by atoms with Gasteiger partial charge in [0, 0.05) is 6.42 Å². The molecule has 1 aromatic heterocycles. The fraction of sp³-hybridized carbons (Fsp3) is 0.438. The summed E-state index contributed by atoms with van der Waals surface area (Å²) in [4.78, 5) is 15.7. The fourth-order valence-electron chi connectivity index (χ4n) is 2.35. The first kappa shape index (κ1) is 20.0. The van der Waals surface area contributed by atoms with Gasteiger partial charge in [-0.3, -0.25) is 0 Å². The Morgan fingerprint density at radius 3 is 2.62 bits per heavy atom. The molecule has 8 nitrogen and oxygen atoms in total. The van der Waals surface area contributed by atoms with Crippen LogP contribution in [0.2, 0.25) is 0 Å². The summed E-state index contributed by atoms with van der Waals surface area (Å²) in [5.74, 6) is -1.32. The van der Waals surface area contributed by atoms with Crippen LogP contribution in [0.15, 0.2) is 23.1 Å². The summed E-state index contributed by atoms with van der Waals surface area (Å²) in [5, 5.41) is 9.05. The first-order valence-corrected chi connectivity index (χ1v) is 9.78. The molecule has 0 bridgehead atoms. The van der Waals surface area contributed by atoms with E-state index in [4.69, 9.17) is 9.88 Å². The van der Waals surface area contributed by atoms with E-state index in [1.165, 1.54) is 16.8 Å². The minimum atomic E-state index is -4.03. The maximum atomic E-state index is 14.5. The number of benzene rings is 1. The van der Waals surface area contributed by atoms with Gasteiger partial charge in [0.25, 0.3) is 5.82 Å². The van der Waals surface area contributed by atoms with Crippen LogP contribution in [0.5, 0.6) is 0 Å². The summed E-state index contributed by atoms with van der Waals surface area (Å²) in [6.07, 6.45) is 3.19.